The van der Waals surface area contributed by atoms with Crippen LogP contribution in [-0.4, -0.2) is 0 Å². The first kappa shape index (κ1) is 14.4. The summed E-state index contributed by atoms with van der Waals surface area (Å²) in [6.45, 7) is 2.68. The van der Waals surface area contributed by atoms with E-state index < -0.39 is 0 Å². The Morgan fingerprint density at radius 1 is 1.06 bits per heavy atom. The molecular weight excluding hydrogens is 329 g/mol. The molecule has 0 radical (unpaired) electrons. The van der Waals surface area contributed by atoms with Crippen molar-refractivity contribution in [2.45, 2.75) is 13.5 Å². The summed E-state index contributed by atoms with van der Waals surface area (Å²) in [5, 5.41) is 0. The predicted octanol–water partition coefficient (Wildman–Crippen LogP) is 4.22. The van der Waals surface area contributed by atoms with Crippen LogP contribution in [0.4, 0.5) is 0 Å². The van der Waals surface area contributed by atoms with E-state index in [4.69, 9.17) is 4.74 Å². The van der Waals surface area contributed by atoms with Gasteiger partial charge in [-0.1, -0.05) is 17.7 Å². The average Bonchev–Trinajstić information content (AvgIpc) is 2.42. The molecule has 0 fully saturated rings. The molecule has 0 aliphatic heterocycles. The van der Waals surface area contributed by atoms with Gasteiger partial charge in [0.05, 0.1) is 6.61 Å². The molecule has 0 saturated carbocycles. The quantitative estimate of drug-likeness (QED) is 0.599. The van der Waals surface area contributed by atoms with Gasteiger partial charge in [-0.2, -0.15) is 30.3 Å². The molecule has 0 heterocycles. The molecule has 2 aromatic rings. The zero-order chi connectivity index (χ0) is 12.5. The number of halogens is 1. The molecule has 0 aliphatic carbocycles. The van der Waals surface area contributed by atoms with Crippen molar-refractivity contribution in [2.75, 3.05) is 0 Å². The fraction of sp³-hybridized carbons (Fsp3) is 0.143. The zero-order valence-electron chi connectivity index (χ0n) is 9.82. The molecule has 17 heavy (non-hydrogen) atoms. The maximum atomic E-state index is 5.63. The summed E-state index contributed by atoms with van der Waals surface area (Å²) in [4.78, 5) is 0. The molecule has 0 saturated heterocycles. The summed E-state index contributed by atoms with van der Waals surface area (Å²) in [5.74, 6) is 0.911. The summed E-state index contributed by atoms with van der Waals surface area (Å²) in [6.07, 6.45) is 0. The molecule has 0 spiro atoms. The number of benzene rings is 2. The van der Waals surface area contributed by atoms with Gasteiger partial charge in [0.1, 0.15) is 5.75 Å². The number of hydrogen-bond acceptors (Lipinski definition) is 1. The van der Waals surface area contributed by atoms with Gasteiger partial charge in [-0.05, 0) is 19.1 Å². The number of aryl methyl sites for hydroxylation is 1. The van der Waals surface area contributed by atoms with Crippen molar-refractivity contribution < 1.29 is 21.1 Å². The van der Waals surface area contributed by atoms with Crippen LogP contribution >= 0.6 is 13.6 Å². The molecule has 2 rings (SSSR count). The van der Waals surface area contributed by atoms with Gasteiger partial charge in [-0.3, -0.25) is 0 Å². The van der Waals surface area contributed by atoms with E-state index in [1.807, 2.05) is 48.5 Å². The van der Waals surface area contributed by atoms with E-state index >= 15 is 0 Å². The van der Waals surface area contributed by atoms with Gasteiger partial charge < -0.3 is 4.74 Å². The van der Waals surface area contributed by atoms with Crippen molar-refractivity contribution >= 4 is 13.6 Å². The minimum atomic E-state index is 0.609. The third-order valence-electron chi connectivity index (χ3n) is 2.21. The van der Waals surface area contributed by atoms with Crippen molar-refractivity contribution in [1.82, 2.24) is 0 Å². The van der Waals surface area contributed by atoms with Crippen LogP contribution in [0.1, 0.15) is 11.1 Å². The molecule has 3 heteroatoms. The SMILES string of the molecule is Cc1ccc(OCc2cc[c-]cc2)cc1.[Zn+][Br]. The average molecular weight is 343 g/mol. The van der Waals surface area contributed by atoms with E-state index in [1.165, 1.54) is 21.9 Å². The van der Waals surface area contributed by atoms with Gasteiger partial charge in [-0.15, -0.1) is 5.56 Å². The van der Waals surface area contributed by atoms with Gasteiger partial charge >= 0.3 is 30.0 Å². The van der Waals surface area contributed by atoms with E-state index in [9.17, 15) is 0 Å². The van der Waals surface area contributed by atoms with Crippen LogP contribution in [0.25, 0.3) is 0 Å². The summed E-state index contributed by atoms with van der Waals surface area (Å²) in [7, 11) is 0. The predicted molar refractivity (Wildman–Crippen MR) is 69.7 cm³/mol. The van der Waals surface area contributed by atoms with Crippen molar-refractivity contribution in [1.29, 1.82) is 0 Å². The first-order valence-electron chi connectivity index (χ1n) is 5.26. The molecule has 0 unspecified atom stereocenters. The van der Waals surface area contributed by atoms with Crippen molar-refractivity contribution in [3.63, 3.8) is 0 Å². The Hall–Kier alpha value is -0.657. The fourth-order valence-corrected chi connectivity index (χ4v) is 1.32. The standard InChI is InChI=1S/C14H13O.BrH.Zn/c1-12-7-9-14(10-8-12)15-11-13-5-3-2-4-6-13;;/h3-10H,11H2,1H3;1H;/q-1;;+2/p-1. The molecule has 1 nitrogen and oxygen atoms in total. The van der Waals surface area contributed by atoms with Crippen molar-refractivity contribution in [3.8, 4) is 5.75 Å². The fourth-order valence-electron chi connectivity index (χ4n) is 1.32. The number of hydrogen-bond donors (Lipinski definition) is 0. The third kappa shape index (κ3) is 5.47. The minimum absolute atomic E-state index is 0.609. The van der Waals surface area contributed by atoms with Crippen LogP contribution in [-0.2, 0) is 22.9 Å². The van der Waals surface area contributed by atoms with Crippen molar-refractivity contribution in [3.05, 3.63) is 65.7 Å². The van der Waals surface area contributed by atoms with Gasteiger partial charge in [0.25, 0.3) is 0 Å². The van der Waals surface area contributed by atoms with E-state index in [2.05, 4.69) is 26.6 Å². The molecule has 84 valence electrons. The Balaban J connectivity index is 0.000000686. The Labute approximate surface area is 119 Å². The molecule has 0 atom stereocenters. The van der Waals surface area contributed by atoms with Crippen LogP contribution in [0.3, 0.4) is 0 Å². The summed E-state index contributed by atoms with van der Waals surface area (Å²) in [6, 6.07) is 18.9. The van der Waals surface area contributed by atoms with Crippen LogP contribution in [0.2, 0.25) is 0 Å². The normalized spacial score (nSPS) is 9.18. The molecular formula is C14H13BrOZn. The van der Waals surface area contributed by atoms with Gasteiger partial charge in [0.2, 0.25) is 0 Å². The maximum absolute atomic E-state index is 5.63. The molecule has 2 aromatic carbocycles. The summed E-state index contributed by atoms with van der Waals surface area (Å²) in [5.41, 5.74) is 2.41. The van der Waals surface area contributed by atoms with Crippen LogP contribution < -0.4 is 4.74 Å². The van der Waals surface area contributed by atoms with Crippen molar-refractivity contribution in [2.24, 2.45) is 0 Å². The van der Waals surface area contributed by atoms with Crippen LogP contribution in [0.15, 0.2) is 48.5 Å². The molecule has 0 aliphatic rings. The number of ether oxygens (including phenoxy) is 1. The van der Waals surface area contributed by atoms with Gasteiger partial charge in [-0.25, -0.2) is 0 Å². The molecule has 0 bridgehead atoms. The second-order valence-electron chi connectivity index (χ2n) is 3.51. The monoisotopic (exact) mass is 340 g/mol. The topological polar surface area (TPSA) is 9.23 Å². The van der Waals surface area contributed by atoms with E-state index in [-0.39, 0.29) is 0 Å². The molecule has 0 N–H and O–H groups in total. The molecule has 0 aromatic heterocycles. The van der Waals surface area contributed by atoms with E-state index in [0.717, 1.165) is 11.3 Å². The first-order chi connectivity index (χ1) is 8.34. The molecule has 0 amide bonds. The Bertz CT molecular complexity index is 414. The van der Waals surface area contributed by atoms with Crippen LogP contribution in [0.5, 0.6) is 5.75 Å². The summed E-state index contributed by atoms with van der Waals surface area (Å²) < 4.78 is 5.63. The number of rotatable bonds is 3. The van der Waals surface area contributed by atoms with Gasteiger partial charge in [0, 0.05) is 0 Å². The second kappa shape index (κ2) is 8.44. The third-order valence-corrected chi connectivity index (χ3v) is 2.21. The Morgan fingerprint density at radius 3 is 2.24 bits per heavy atom. The second-order valence-corrected chi connectivity index (χ2v) is 3.51. The zero-order valence-corrected chi connectivity index (χ0v) is 14.4. The van der Waals surface area contributed by atoms with E-state index in [1.54, 1.807) is 0 Å². The van der Waals surface area contributed by atoms with Crippen LogP contribution in [0, 0.1) is 13.0 Å². The van der Waals surface area contributed by atoms with Gasteiger partial charge in [0.15, 0.2) is 0 Å². The summed E-state index contributed by atoms with van der Waals surface area (Å²) >= 11 is 4.25. The Kier molecular flexibility index (Phi) is 7.15. The van der Waals surface area contributed by atoms with E-state index in [0.29, 0.717) is 6.61 Å². The first-order valence-corrected chi connectivity index (χ1v) is 12.2. The Morgan fingerprint density at radius 2 is 1.65 bits per heavy atom.